The largest absolute Gasteiger partial charge is 0.478 e. The molecule has 0 bridgehead atoms. The highest BCUT2D eigenvalue weighted by molar-refractivity contribution is 5.91. The number of aromatic nitrogens is 3. The van der Waals surface area contributed by atoms with E-state index >= 15 is 0 Å². The van der Waals surface area contributed by atoms with Gasteiger partial charge in [-0.25, -0.2) is 9.78 Å². The first kappa shape index (κ1) is 9.59. The van der Waals surface area contributed by atoms with E-state index in [1.807, 2.05) is 0 Å². The van der Waals surface area contributed by atoms with Crippen LogP contribution in [-0.2, 0) is 0 Å². The van der Waals surface area contributed by atoms with E-state index in [4.69, 9.17) is 9.52 Å². The molecule has 84 valence electrons. The van der Waals surface area contributed by atoms with Gasteiger partial charge >= 0.3 is 12.0 Å². The van der Waals surface area contributed by atoms with Crippen LogP contribution in [0.25, 0.3) is 17.1 Å². The number of hydrogen-bond acceptors (Lipinski definition) is 4. The molecule has 0 atom stereocenters. The Bertz CT molecular complexity index is 685. The number of carboxylic acids is 1. The average Bonchev–Trinajstić information content (AvgIpc) is 2.96. The molecule has 1 N–H and O–H groups in total. The first-order valence-corrected chi connectivity index (χ1v) is 4.86. The number of oxazole rings is 1. The predicted octanol–water partition coefficient (Wildman–Crippen LogP) is 1.71. The number of fused-ring (bicyclic) bond motifs is 1. The highest BCUT2D eigenvalue weighted by atomic mass is 16.4. The standard InChI is InChI=1S/C11H7N3O3/c15-10(16)7-1-2-8-9(5-7)17-11(13-8)14-4-3-12-6-14/h1-6H,(H,15,16). The van der Waals surface area contributed by atoms with Gasteiger partial charge in [-0.15, -0.1) is 0 Å². The Labute approximate surface area is 95.1 Å². The predicted molar refractivity (Wildman–Crippen MR) is 58.1 cm³/mol. The number of carbonyl (C=O) groups is 1. The smallest absolute Gasteiger partial charge is 0.335 e. The van der Waals surface area contributed by atoms with Gasteiger partial charge in [0.25, 0.3) is 0 Å². The van der Waals surface area contributed by atoms with Crippen LogP contribution in [0.15, 0.2) is 41.3 Å². The summed E-state index contributed by atoms with van der Waals surface area (Å²) >= 11 is 0. The van der Waals surface area contributed by atoms with E-state index in [1.165, 1.54) is 12.1 Å². The maximum absolute atomic E-state index is 10.8. The highest BCUT2D eigenvalue weighted by Crippen LogP contribution is 2.19. The van der Waals surface area contributed by atoms with E-state index in [-0.39, 0.29) is 5.56 Å². The summed E-state index contributed by atoms with van der Waals surface area (Å²) in [5.74, 6) is -0.993. The molecule has 3 rings (SSSR count). The van der Waals surface area contributed by atoms with Gasteiger partial charge in [-0.3, -0.25) is 4.57 Å². The Kier molecular flexibility index (Phi) is 1.94. The minimum Gasteiger partial charge on any atom is -0.478 e. The molecule has 6 nitrogen and oxygen atoms in total. The minimum atomic E-state index is -0.993. The van der Waals surface area contributed by atoms with Gasteiger partial charge in [0, 0.05) is 12.4 Å². The zero-order valence-corrected chi connectivity index (χ0v) is 8.57. The molecule has 3 aromatic rings. The molecule has 0 unspecified atom stereocenters. The molecule has 2 aromatic heterocycles. The molecule has 0 aliphatic heterocycles. The highest BCUT2D eigenvalue weighted by Gasteiger charge is 2.10. The van der Waals surface area contributed by atoms with E-state index in [0.717, 1.165) is 0 Å². The second kappa shape index (κ2) is 3.44. The van der Waals surface area contributed by atoms with Gasteiger partial charge < -0.3 is 9.52 Å². The lowest BCUT2D eigenvalue weighted by molar-refractivity contribution is 0.0697. The van der Waals surface area contributed by atoms with E-state index in [9.17, 15) is 4.79 Å². The van der Waals surface area contributed by atoms with E-state index in [1.54, 1.807) is 29.4 Å². The molecule has 6 heteroatoms. The fraction of sp³-hybridized carbons (Fsp3) is 0. The molecule has 0 radical (unpaired) electrons. The van der Waals surface area contributed by atoms with Crippen molar-refractivity contribution in [3.63, 3.8) is 0 Å². The number of hydrogen-bond donors (Lipinski definition) is 1. The van der Waals surface area contributed by atoms with E-state index in [0.29, 0.717) is 17.1 Å². The summed E-state index contributed by atoms with van der Waals surface area (Å²) in [5.41, 5.74) is 1.22. The SMILES string of the molecule is O=C(O)c1ccc2nc(-n3ccnc3)oc2c1. The first-order valence-electron chi connectivity index (χ1n) is 4.86. The lowest BCUT2D eigenvalue weighted by Crippen LogP contribution is -1.94. The number of imidazole rings is 1. The number of aromatic carboxylic acids is 1. The fourth-order valence-electron chi connectivity index (χ4n) is 1.53. The summed E-state index contributed by atoms with van der Waals surface area (Å²) in [6, 6.07) is 4.92. The van der Waals surface area contributed by atoms with Crippen LogP contribution in [0.5, 0.6) is 0 Å². The first-order chi connectivity index (χ1) is 8.24. The maximum Gasteiger partial charge on any atom is 0.335 e. The van der Waals surface area contributed by atoms with Crippen LogP contribution in [-0.4, -0.2) is 25.6 Å². The molecule has 0 fully saturated rings. The number of nitrogens with zero attached hydrogens (tertiary/aromatic N) is 3. The zero-order chi connectivity index (χ0) is 11.8. The fourth-order valence-corrected chi connectivity index (χ4v) is 1.53. The van der Waals surface area contributed by atoms with Gasteiger partial charge in [-0.1, -0.05) is 0 Å². The van der Waals surface area contributed by atoms with Crippen LogP contribution in [0, 0.1) is 0 Å². The molecular weight excluding hydrogens is 222 g/mol. The maximum atomic E-state index is 10.8. The third-order valence-electron chi connectivity index (χ3n) is 2.35. The van der Waals surface area contributed by atoms with Crippen molar-refractivity contribution in [1.29, 1.82) is 0 Å². The normalized spacial score (nSPS) is 10.8. The Morgan fingerprint density at radius 2 is 2.29 bits per heavy atom. The van der Waals surface area contributed by atoms with Crippen molar-refractivity contribution in [2.24, 2.45) is 0 Å². The topological polar surface area (TPSA) is 81.1 Å². The van der Waals surface area contributed by atoms with Crippen molar-refractivity contribution < 1.29 is 14.3 Å². The summed E-state index contributed by atoms with van der Waals surface area (Å²) in [6.07, 6.45) is 4.86. The van der Waals surface area contributed by atoms with Crippen LogP contribution in [0.2, 0.25) is 0 Å². The van der Waals surface area contributed by atoms with Crippen molar-refractivity contribution in [2.45, 2.75) is 0 Å². The number of benzene rings is 1. The third-order valence-corrected chi connectivity index (χ3v) is 2.35. The molecule has 17 heavy (non-hydrogen) atoms. The molecule has 1 aromatic carbocycles. The average molecular weight is 229 g/mol. The van der Waals surface area contributed by atoms with Crippen LogP contribution >= 0.6 is 0 Å². The van der Waals surface area contributed by atoms with Crippen LogP contribution in [0.3, 0.4) is 0 Å². The Balaban J connectivity index is 2.16. The van der Waals surface area contributed by atoms with E-state index in [2.05, 4.69) is 9.97 Å². The van der Waals surface area contributed by atoms with Crippen molar-refractivity contribution in [2.75, 3.05) is 0 Å². The van der Waals surface area contributed by atoms with Gasteiger partial charge in [0.15, 0.2) is 5.58 Å². The molecule has 0 amide bonds. The molecule has 0 saturated carbocycles. The lowest BCUT2D eigenvalue weighted by atomic mass is 10.2. The summed E-state index contributed by atoms with van der Waals surface area (Å²) in [4.78, 5) is 18.9. The summed E-state index contributed by atoms with van der Waals surface area (Å²) in [5, 5.41) is 8.86. The summed E-state index contributed by atoms with van der Waals surface area (Å²) in [7, 11) is 0. The Morgan fingerprint density at radius 1 is 1.41 bits per heavy atom. The van der Waals surface area contributed by atoms with Crippen molar-refractivity contribution >= 4 is 17.1 Å². The number of carboxylic acid groups (broad SMARTS) is 1. The second-order valence-corrected chi connectivity index (χ2v) is 3.45. The lowest BCUT2D eigenvalue weighted by Gasteiger charge is -1.91. The van der Waals surface area contributed by atoms with Crippen LogP contribution in [0.4, 0.5) is 0 Å². The molecular formula is C11H7N3O3. The van der Waals surface area contributed by atoms with Crippen LogP contribution in [0.1, 0.15) is 10.4 Å². The van der Waals surface area contributed by atoms with Crippen molar-refractivity contribution in [3.05, 3.63) is 42.5 Å². The van der Waals surface area contributed by atoms with E-state index < -0.39 is 5.97 Å². The molecule has 2 heterocycles. The summed E-state index contributed by atoms with van der Waals surface area (Å²) < 4.78 is 7.06. The Hall–Kier alpha value is -2.63. The molecule has 0 aliphatic carbocycles. The zero-order valence-electron chi connectivity index (χ0n) is 8.57. The quantitative estimate of drug-likeness (QED) is 0.723. The number of rotatable bonds is 2. The monoisotopic (exact) mass is 229 g/mol. The molecule has 0 aliphatic rings. The van der Waals surface area contributed by atoms with Gasteiger partial charge in [-0.05, 0) is 18.2 Å². The van der Waals surface area contributed by atoms with Gasteiger partial charge in [0.05, 0.1) is 5.56 Å². The van der Waals surface area contributed by atoms with Gasteiger partial charge in [-0.2, -0.15) is 4.98 Å². The van der Waals surface area contributed by atoms with Crippen molar-refractivity contribution in [1.82, 2.24) is 14.5 Å². The summed E-state index contributed by atoms with van der Waals surface area (Å²) in [6.45, 7) is 0. The molecule has 0 saturated heterocycles. The van der Waals surface area contributed by atoms with Crippen molar-refractivity contribution in [3.8, 4) is 6.01 Å². The molecule has 0 spiro atoms. The van der Waals surface area contributed by atoms with Gasteiger partial charge in [0.2, 0.25) is 0 Å². The Morgan fingerprint density at radius 3 is 3.00 bits per heavy atom. The van der Waals surface area contributed by atoms with Crippen LogP contribution < -0.4 is 0 Å². The minimum absolute atomic E-state index is 0.172. The van der Waals surface area contributed by atoms with Gasteiger partial charge in [0.1, 0.15) is 11.8 Å². The second-order valence-electron chi connectivity index (χ2n) is 3.45. The third kappa shape index (κ3) is 1.55.